The number of carbonyl (C=O) groups excluding carboxylic acids is 2. The van der Waals surface area contributed by atoms with E-state index in [1.807, 2.05) is 0 Å². The van der Waals surface area contributed by atoms with Gasteiger partial charge in [0.15, 0.2) is 12.2 Å². The molecule has 8 heteroatoms. The second kappa shape index (κ2) is 9.17. The number of rotatable bonds is 4. The molecule has 4 atom stereocenters. The fourth-order valence-corrected chi connectivity index (χ4v) is 3.96. The van der Waals surface area contributed by atoms with Gasteiger partial charge in [-0.2, -0.15) is 0 Å². The minimum atomic E-state index is -1.50. The van der Waals surface area contributed by atoms with E-state index in [0.717, 1.165) is 0 Å². The molecule has 0 aromatic heterocycles. The Morgan fingerprint density at radius 3 is 1.54 bits per heavy atom. The van der Waals surface area contributed by atoms with Gasteiger partial charge in [0.25, 0.3) is 11.6 Å². The predicted octanol–water partition coefficient (Wildman–Crippen LogP) is 2.02. The highest BCUT2D eigenvalue weighted by molar-refractivity contribution is 5.82. The Balaban J connectivity index is 1.96. The predicted molar refractivity (Wildman–Crippen MR) is 97.1 cm³/mol. The Bertz CT molecular complexity index is 564. The van der Waals surface area contributed by atoms with Gasteiger partial charge < -0.3 is 28.4 Å². The van der Waals surface area contributed by atoms with Crippen molar-refractivity contribution in [3.05, 3.63) is 24.3 Å². The second-order valence-electron chi connectivity index (χ2n) is 6.86. The Morgan fingerprint density at radius 2 is 1.14 bits per heavy atom. The Hall–Kier alpha value is -1.74. The Kier molecular flexibility index (Phi) is 6.87. The van der Waals surface area contributed by atoms with Crippen LogP contribution in [0.25, 0.3) is 0 Å². The molecule has 0 bridgehead atoms. The molecule has 0 aromatic rings. The van der Waals surface area contributed by atoms with Crippen molar-refractivity contribution in [2.75, 3.05) is 26.4 Å². The maximum Gasteiger partial charge on any atom is 0.330 e. The fourth-order valence-electron chi connectivity index (χ4n) is 3.96. The van der Waals surface area contributed by atoms with Crippen LogP contribution in [-0.2, 0) is 38.0 Å². The third-order valence-corrected chi connectivity index (χ3v) is 5.03. The average molecular weight is 396 g/mol. The summed E-state index contributed by atoms with van der Waals surface area (Å²) in [7, 11) is 0. The molecule has 3 rings (SSSR count). The summed E-state index contributed by atoms with van der Waals surface area (Å²) in [4.78, 5) is 24.3. The van der Waals surface area contributed by atoms with Crippen molar-refractivity contribution in [2.24, 2.45) is 0 Å². The maximum atomic E-state index is 12.2. The second-order valence-corrected chi connectivity index (χ2v) is 6.86. The first-order valence-corrected chi connectivity index (χ1v) is 9.80. The lowest BCUT2D eigenvalue weighted by atomic mass is 9.85. The molecule has 0 N–H and O–H groups in total. The van der Waals surface area contributed by atoms with Crippen molar-refractivity contribution < 1.29 is 38.0 Å². The molecule has 28 heavy (non-hydrogen) atoms. The van der Waals surface area contributed by atoms with Gasteiger partial charge in [0, 0.05) is 12.2 Å². The molecule has 0 aliphatic carbocycles. The molecule has 3 aliphatic heterocycles. The summed E-state index contributed by atoms with van der Waals surface area (Å²) in [6.07, 6.45) is 6.79. The minimum absolute atomic E-state index is 0.248. The van der Waals surface area contributed by atoms with Crippen LogP contribution in [0.15, 0.2) is 24.3 Å². The lowest BCUT2D eigenvalue weighted by Crippen LogP contribution is -2.76. The van der Waals surface area contributed by atoms with Crippen LogP contribution < -0.4 is 0 Å². The first-order valence-electron chi connectivity index (χ1n) is 9.80. The summed E-state index contributed by atoms with van der Waals surface area (Å²) in [5, 5.41) is 0. The molecule has 156 valence electrons. The SMILES string of the molecule is C/C=C/C(=O)O[C@H]1CCCO[C@@]12OCCO[C@@]21OCCC[C@@H]1OC(=O)/C=C/C. The molecule has 2 spiro atoms. The summed E-state index contributed by atoms with van der Waals surface area (Å²) in [5.74, 6) is -4.00. The molecule has 3 heterocycles. The lowest BCUT2D eigenvalue weighted by Gasteiger charge is -2.57. The molecule has 0 saturated carbocycles. The fraction of sp³-hybridized carbons (Fsp3) is 0.700. The number of fused-ring (bicyclic) bond motifs is 1. The zero-order chi connectivity index (χ0) is 20.0. The van der Waals surface area contributed by atoms with Gasteiger partial charge >= 0.3 is 11.9 Å². The van der Waals surface area contributed by atoms with E-state index in [2.05, 4.69) is 0 Å². The highest BCUT2D eigenvalue weighted by Gasteiger charge is 2.70. The van der Waals surface area contributed by atoms with Crippen LogP contribution in [0.2, 0.25) is 0 Å². The van der Waals surface area contributed by atoms with Crippen molar-refractivity contribution >= 4 is 11.9 Å². The maximum absolute atomic E-state index is 12.2. The van der Waals surface area contributed by atoms with E-state index >= 15 is 0 Å². The highest BCUT2D eigenvalue weighted by atomic mass is 16.8. The third-order valence-electron chi connectivity index (χ3n) is 5.03. The number of allylic oxidation sites excluding steroid dienone is 2. The monoisotopic (exact) mass is 396 g/mol. The molecular formula is C20H28O8. The van der Waals surface area contributed by atoms with Gasteiger partial charge in [0.05, 0.1) is 26.4 Å². The van der Waals surface area contributed by atoms with Crippen molar-refractivity contribution in [1.82, 2.24) is 0 Å². The summed E-state index contributed by atoms with van der Waals surface area (Å²) in [6, 6.07) is 0. The van der Waals surface area contributed by atoms with E-state index in [0.29, 0.717) is 38.9 Å². The normalized spacial score (nSPS) is 36.2. The minimum Gasteiger partial charge on any atom is -0.453 e. The van der Waals surface area contributed by atoms with E-state index in [1.54, 1.807) is 26.0 Å². The van der Waals surface area contributed by atoms with Gasteiger partial charge in [0.2, 0.25) is 0 Å². The van der Waals surface area contributed by atoms with E-state index in [-0.39, 0.29) is 13.2 Å². The molecule has 0 unspecified atom stereocenters. The van der Waals surface area contributed by atoms with Gasteiger partial charge in [0.1, 0.15) is 0 Å². The van der Waals surface area contributed by atoms with Gasteiger partial charge in [-0.1, -0.05) is 12.2 Å². The number of hydrogen-bond acceptors (Lipinski definition) is 8. The quantitative estimate of drug-likeness (QED) is 0.527. The van der Waals surface area contributed by atoms with Crippen LogP contribution in [-0.4, -0.2) is 62.1 Å². The molecule has 8 nitrogen and oxygen atoms in total. The van der Waals surface area contributed by atoms with Gasteiger partial charge in [-0.05, 0) is 39.5 Å². The van der Waals surface area contributed by atoms with Gasteiger partial charge in [-0.3, -0.25) is 0 Å². The molecule has 0 amide bonds. The largest absolute Gasteiger partial charge is 0.453 e. The molecule has 0 aromatic carbocycles. The first kappa shape index (κ1) is 21.0. The van der Waals surface area contributed by atoms with Crippen molar-refractivity contribution in [1.29, 1.82) is 0 Å². The zero-order valence-electron chi connectivity index (χ0n) is 16.4. The van der Waals surface area contributed by atoms with E-state index < -0.39 is 35.7 Å². The van der Waals surface area contributed by atoms with Crippen LogP contribution in [0.1, 0.15) is 39.5 Å². The molecule has 3 saturated heterocycles. The summed E-state index contributed by atoms with van der Waals surface area (Å²) >= 11 is 0. The van der Waals surface area contributed by atoms with Crippen LogP contribution in [0, 0.1) is 0 Å². The topological polar surface area (TPSA) is 89.5 Å². The molecular weight excluding hydrogens is 368 g/mol. The van der Waals surface area contributed by atoms with Crippen molar-refractivity contribution in [3.8, 4) is 0 Å². The smallest absolute Gasteiger partial charge is 0.330 e. The van der Waals surface area contributed by atoms with Gasteiger partial charge in [-0.15, -0.1) is 0 Å². The number of hydrogen-bond donors (Lipinski definition) is 0. The summed E-state index contributed by atoms with van der Waals surface area (Å²) in [6.45, 7) is 4.74. The first-order chi connectivity index (χ1) is 13.6. The lowest BCUT2D eigenvalue weighted by molar-refractivity contribution is -0.487. The average Bonchev–Trinajstić information content (AvgIpc) is 2.68. The van der Waals surface area contributed by atoms with Gasteiger partial charge in [-0.25, -0.2) is 9.59 Å². The number of ether oxygens (including phenoxy) is 6. The van der Waals surface area contributed by atoms with Crippen LogP contribution >= 0.6 is 0 Å². The molecule has 0 radical (unpaired) electrons. The Morgan fingerprint density at radius 1 is 0.750 bits per heavy atom. The van der Waals surface area contributed by atoms with Crippen LogP contribution in [0.5, 0.6) is 0 Å². The Labute approximate surface area is 164 Å². The number of carbonyl (C=O) groups is 2. The van der Waals surface area contributed by atoms with E-state index in [4.69, 9.17) is 28.4 Å². The standard InChI is InChI=1S/C20H28O8/c1-3-7-17(21)27-15-9-5-11-23-19(15)20(26-14-13-25-19)16(10-6-12-24-20)28-18(22)8-4-2/h3-4,7-8,15-16H,5-6,9-14H2,1-2H3/b7-3+,8-4+/t15-,16-,19+,20+/m0/s1. The summed E-state index contributed by atoms with van der Waals surface area (Å²) < 4.78 is 35.6. The van der Waals surface area contributed by atoms with Crippen LogP contribution in [0.4, 0.5) is 0 Å². The van der Waals surface area contributed by atoms with Crippen LogP contribution in [0.3, 0.4) is 0 Å². The zero-order valence-corrected chi connectivity index (χ0v) is 16.4. The van der Waals surface area contributed by atoms with Crippen molar-refractivity contribution in [2.45, 2.75) is 63.3 Å². The molecule has 3 aliphatic rings. The van der Waals surface area contributed by atoms with E-state index in [1.165, 1.54) is 12.2 Å². The summed E-state index contributed by atoms with van der Waals surface area (Å²) in [5.41, 5.74) is 0. The highest BCUT2D eigenvalue weighted by Crippen LogP contribution is 2.48. The van der Waals surface area contributed by atoms with Crippen molar-refractivity contribution in [3.63, 3.8) is 0 Å². The third kappa shape index (κ3) is 3.87. The molecule has 3 fully saturated rings. The number of esters is 2. The van der Waals surface area contributed by atoms with E-state index in [9.17, 15) is 9.59 Å².